The molecule has 1 heterocycles. The Morgan fingerprint density at radius 2 is 2.33 bits per heavy atom. The average Bonchev–Trinajstić information content (AvgIpc) is 2.77. The van der Waals surface area contributed by atoms with Crippen molar-refractivity contribution in [2.24, 2.45) is 0 Å². The van der Waals surface area contributed by atoms with Gasteiger partial charge in [0.1, 0.15) is 0 Å². The lowest BCUT2D eigenvalue weighted by molar-refractivity contribution is 0.527. The van der Waals surface area contributed by atoms with Crippen LogP contribution in [0.5, 0.6) is 0 Å². The Morgan fingerprint density at radius 1 is 1.47 bits per heavy atom. The van der Waals surface area contributed by atoms with Gasteiger partial charge in [-0.25, -0.2) is 0 Å². The van der Waals surface area contributed by atoms with E-state index >= 15 is 0 Å². The molecule has 1 unspecified atom stereocenters. The molecular formula is C12H21NS2. The highest BCUT2D eigenvalue weighted by molar-refractivity contribution is 7.99. The summed E-state index contributed by atoms with van der Waals surface area (Å²) in [5.74, 6) is 2.52. The molecule has 1 nitrogen and oxygen atoms in total. The van der Waals surface area contributed by atoms with Crippen LogP contribution in [0.1, 0.15) is 37.6 Å². The summed E-state index contributed by atoms with van der Waals surface area (Å²) in [6.45, 7) is 5.61. The van der Waals surface area contributed by atoms with Crippen molar-refractivity contribution >= 4 is 23.1 Å². The summed E-state index contributed by atoms with van der Waals surface area (Å²) in [4.78, 5) is 1.47. The fourth-order valence-electron chi connectivity index (χ4n) is 1.53. The van der Waals surface area contributed by atoms with E-state index in [1.54, 1.807) is 0 Å². The molecule has 0 radical (unpaired) electrons. The van der Waals surface area contributed by atoms with E-state index in [2.05, 4.69) is 36.7 Å². The van der Waals surface area contributed by atoms with Gasteiger partial charge in [0.05, 0.1) is 0 Å². The van der Waals surface area contributed by atoms with Crippen molar-refractivity contribution in [3.63, 3.8) is 0 Å². The van der Waals surface area contributed by atoms with E-state index in [1.165, 1.54) is 29.2 Å². The largest absolute Gasteiger partial charge is 0.309 e. The van der Waals surface area contributed by atoms with Crippen molar-refractivity contribution in [1.29, 1.82) is 0 Å². The standard InChI is InChI=1S/C12H21NS2/c1-3-11(12-7-5-10-15-12)13-8-6-9-14-4-2/h5,7,10-11,13H,3-4,6,8-9H2,1-2H3. The molecule has 3 heteroatoms. The van der Waals surface area contributed by atoms with Gasteiger partial charge in [-0.2, -0.15) is 11.8 Å². The summed E-state index contributed by atoms with van der Waals surface area (Å²) in [7, 11) is 0. The second kappa shape index (κ2) is 8.20. The number of nitrogens with one attached hydrogen (secondary N) is 1. The third-order valence-electron chi connectivity index (χ3n) is 2.36. The zero-order valence-corrected chi connectivity index (χ0v) is 11.3. The molecule has 0 aliphatic carbocycles. The summed E-state index contributed by atoms with van der Waals surface area (Å²) in [5, 5.41) is 5.79. The fraction of sp³-hybridized carbons (Fsp3) is 0.667. The van der Waals surface area contributed by atoms with Crippen molar-refractivity contribution in [2.45, 2.75) is 32.7 Å². The molecule has 1 aromatic heterocycles. The predicted octanol–water partition coefficient (Wildman–Crippen LogP) is 3.93. The van der Waals surface area contributed by atoms with E-state index in [0.717, 1.165) is 6.54 Å². The van der Waals surface area contributed by atoms with Crippen LogP contribution in [0, 0.1) is 0 Å². The van der Waals surface area contributed by atoms with Gasteiger partial charge >= 0.3 is 0 Å². The number of hydrogen-bond donors (Lipinski definition) is 1. The molecule has 0 bridgehead atoms. The Bertz CT molecular complexity index is 234. The minimum Gasteiger partial charge on any atom is -0.309 e. The second-order valence-electron chi connectivity index (χ2n) is 3.48. The van der Waals surface area contributed by atoms with Crippen LogP contribution >= 0.6 is 23.1 Å². The van der Waals surface area contributed by atoms with Gasteiger partial charge in [0.25, 0.3) is 0 Å². The second-order valence-corrected chi connectivity index (χ2v) is 5.85. The summed E-state index contributed by atoms with van der Waals surface area (Å²) in [6.07, 6.45) is 2.46. The van der Waals surface area contributed by atoms with Crippen molar-refractivity contribution < 1.29 is 0 Å². The van der Waals surface area contributed by atoms with E-state index in [1.807, 2.05) is 23.1 Å². The van der Waals surface area contributed by atoms with E-state index < -0.39 is 0 Å². The van der Waals surface area contributed by atoms with Gasteiger partial charge in [0, 0.05) is 10.9 Å². The Kier molecular flexibility index (Phi) is 7.14. The maximum absolute atomic E-state index is 3.63. The van der Waals surface area contributed by atoms with Crippen LogP contribution in [0.15, 0.2) is 17.5 Å². The third kappa shape index (κ3) is 5.05. The van der Waals surface area contributed by atoms with Crippen molar-refractivity contribution in [3.05, 3.63) is 22.4 Å². The first kappa shape index (κ1) is 13.1. The van der Waals surface area contributed by atoms with Gasteiger partial charge in [-0.3, -0.25) is 0 Å². The van der Waals surface area contributed by atoms with E-state index in [-0.39, 0.29) is 0 Å². The van der Waals surface area contributed by atoms with Crippen LogP contribution in [0.3, 0.4) is 0 Å². The SMILES string of the molecule is CCSCCCNC(CC)c1cccs1. The quantitative estimate of drug-likeness (QED) is 0.694. The lowest BCUT2D eigenvalue weighted by Gasteiger charge is -2.15. The highest BCUT2D eigenvalue weighted by atomic mass is 32.2. The average molecular weight is 243 g/mol. The zero-order chi connectivity index (χ0) is 10.9. The maximum Gasteiger partial charge on any atom is 0.0412 e. The highest BCUT2D eigenvalue weighted by Gasteiger charge is 2.08. The van der Waals surface area contributed by atoms with Gasteiger partial charge in [-0.05, 0) is 42.3 Å². The lowest BCUT2D eigenvalue weighted by atomic mass is 10.2. The molecular weight excluding hydrogens is 222 g/mol. The van der Waals surface area contributed by atoms with Gasteiger partial charge in [-0.1, -0.05) is 19.9 Å². The molecule has 1 rings (SSSR count). The Morgan fingerprint density at radius 3 is 2.93 bits per heavy atom. The highest BCUT2D eigenvalue weighted by Crippen LogP contribution is 2.21. The fourth-order valence-corrected chi connectivity index (χ4v) is 3.05. The van der Waals surface area contributed by atoms with Crippen LogP contribution in [0.4, 0.5) is 0 Å². The lowest BCUT2D eigenvalue weighted by Crippen LogP contribution is -2.21. The monoisotopic (exact) mass is 243 g/mol. The summed E-state index contributed by atoms with van der Waals surface area (Å²) in [6, 6.07) is 4.93. The van der Waals surface area contributed by atoms with Crippen LogP contribution in [-0.2, 0) is 0 Å². The Hall–Kier alpha value is 0.01000. The Labute approximate surface area is 102 Å². The first-order valence-electron chi connectivity index (χ1n) is 5.73. The molecule has 0 fully saturated rings. The van der Waals surface area contributed by atoms with E-state index in [4.69, 9.17) is 0 Å². The number of hydrogen-bond acceptors (Lipinski definition) is 3. The molecule has 0 aliphatic heterocycles. The van der Waals surface area contributed by atoms with Gasteiger partial charge in [-0.15, -0.1) is 11.3 Å². The topological polar surface area (TPSA) is 12.0 Å². The molecule has 0 saturated carbocycles. The number of thioether (sulfide) groups is 1. The molecule has 1 N–H and O–H groups in total. The first-order chi connectivity index (χ1) is 7.38. The van der Waals surface area contributed by atoms with Gasteiger partial charge in [0.2, 0.25) is 0 Å². The first-order valence-corrected chi connectivity index (χ1v) is 7.76. The summed E-state index contributed by atoms with van der Waals surface area (Å²) >= 11 is 3.88. The van der Waals surface area contributed by atoms with Crippen LogP contribution in [0.2, 0.25) is 0 Å². The summed E-state index contributed by atoms with van der Waals surface area (Å²) in [5.41, 5.74) is 0. The van der Waals surface area contributed by atoms with E-state index in [0.29, 0.717) is 6.04 Å². The van der Waals surface area contributed by atoms with Crippen molar-refractivity contribution in [3.8, 4) is 0 Å². The molecule has 0 aromatic carbocycles. The molecule has 1 atom stereocenters. The normalized spacial score (nSPS) is 12.9. The molecule has 15 heavy (non-hydrogen) atoms. The van der Waals surface area contributed by atoms with E-state index in [9.17, 15) is 0 Å². The zero-order valence-electron chi connectivity index (χ0n) is 9.66. The van der Waals surface area contributed by atoms with Gasteiger partial charge in [0.15, 0.2) is 0 Å². The minimum atomic E-state index is 0.566. The predicted molar refractivity (Wildman–Crippen MR) is 73.0 cm³/mol. The third-order valence-corrected chi connectivity index (χ3v) is 4.33. The van der Waals surface area contributed by atoms with Gasteiger partial charge < -0.3 is 5.32 Å². The van der Waals surface area contributed by atoms with Crippen LogP contribution in [-0.4, -0.2) is 18.1 Å². The molecule has 1 aromatic rings. The molecule has 0 amide bonds. The Balaban J connectivity index is 2.18. The molecule has 0 spiro atoms. The summed E-state index contributed by atoms with van der Waals surface area (Å²) < 4.78 is 0. The van der Waals surface area contributed by atoms with Crippen LogP contribution in [0.25, 0.3) is 0 Å². The smallest absolute Gasteiger partial charge is 0.0412 e. The maximum atomic E-state index is 3.63. The van der Waals surface area contributed by atoms with Crippen molar-refractivity contribution in [2.75, 3.05) is 18.1 Å². The molecule has 0 saturated heterocycles. The van der Waals surface area contributed by atoms with Crippen LogP contribution < -0.4 is 5.32 Å². The van der Waals surface area contributed by atoms with Crippen molar-refractivity contribution in [1.82, 2.24) is 5.32 Å². The molecule has 86 valence electrons. The molecule has 0 aliphatic rings. The minimum absolute atomic E-state index is 0.566. The number of thiophene rings is 1. The number of rotatable bonds is 8.